The van der Waals surface area contributed by atoms with Crippen LogP contribution in [-0.2, 0) is 10.7 Å². The maximum absolute atomic E-state index is 13.2. The summed E-state index contributed by atoms with van der Waals surface area (Å²) in [5, 5.41) is 0. The second-order valence-corrected chi connectivity index (χ2v) is 2.76. The smallest absolute Gasteiger partial charge is 0.296 e. The number of alkyl halides is 2. The summed E-state index contributed by atoms with van der Waals surface area (Å²) in [6.45, 7) is -0.629. The summed E-state index contributed by atoms with van der Waals surface area (Å²) in [6.07, 6.45) is 0. The Hall–Kier alpha value is -1.16. The normalized spacial score (nSPS) is 11.6. The van der Waals surface area contributed by atoms with Crippen LogP contribution in [0.25, 0.3) is 0 Å². The molecule has 0 unspecified atom stereocenters. The monoisotopic (exact) mass is 187 g/mol. The lowest BCUT2D eigenvalue weighted by Crippen LogP contribution is -2.20. The Bertz CT molecular complexity index is 289. The largest absolute Gasteiger partial charge is 0.399 e. The molecule has 0 bridgehead atoms. The molecular formula is C9H11F2NO. The maximum Gasteiger partial charge on any atom is 0.296 e. The Morgan fingerprint density at radius 3 is 2.69 bits per heavy atom. The van der Waals surface area contributed by atoms with Gasteiger partial charge in [-0.05, 0) is 12.1 Å². The van der Waals surface area contributed by atoms with Crippen LogP contribution in [0.1, 0.15) is 5.56 Å². The van der Waals surface area contributed by atoms with Crippen LogP contribution in [0.15, 0.2) is 24.3 Å². The highest BCUT2D eigenvalue weighted by Gasteiger charge is 2.31. The summed E-state index contributed by atoms with van der Waals surface area (Å²) >= 11 is 0. The number of hydrogen-bond donors (Lipinski definition) is 1. The number of benzene rings is 1. The van der Waals surface area contributed by atoms with Crippen LogP contribution in [0, 0.1) is 0 Å². The van der Waals surface area contributed by atoms with Crippen molar-refractivity contribution in [1.82, 2.24) is 0 Å². The first-order chi connectivity index (χ1) is 6.06. The molecule has 13 heavy (non-hydrogen) atoms. The van der Waals surface area contributed by atoms with Gasteiger partial charge in [-0.3, -0.25) is 0 Å². The van der Waals surface area contributed by atoms with E-state index < -0.39 is 12.5 Å². The second kappa shape index (κ2) is 3.70. The van der Waals surface area contributed by atoms with Gasteiger partial charge in [-0.1, -0.05) is 12.1 Å². The quantitative estimate of drug-likeness (QED) is 0.734. The van der Waals surface area contributed by atoms with Crippen molar-refractivity contribution in [2.75, 3.05) is 19.5 Å². The minimum absolute atomic E-state index is 0.116. The van der Waals surface area contributed by atoms with Gasteiger partial charge in [-0.15, -0.1) is 0 Å². The standard InChI is InChI=1S/C9H11F2NO/c1-13-6-9(10,11)7-3-2-4-8(12)5-7/h2-5H,6,12H2,1H3. The molecule has 0 atom stereocenters. The van der Waals surface area contributed by atoms with Crippen molar-refractivity contribution in [2.45, 2.75) is 5.92 Å². The predicted molar refractivity (Wildman–Crippen MR) is 46.6 cm³/mol. The Balaban J connectivity index is 2.93. The van der Waals surface area contributed by atoms with Crippen LogP contribution in [0.3, 0.4) is 0 Å². The van der Waals surface area contributed by atoms with Gasteiger partial charge >= 0.3 is 0 Å². The van der Waals surface area contributed by atoms with Crippen molar-refractivity contribution in [2.24, 2.45) is 0 Å². The van der Waals surface area contributed by atoms with E-state index in [4.69, 9.17) is 5.73 Å². The molecule has 0 saturated carbocycles. The van der Waals surface area contributed by atoms with Gasteiger partial charge in [0.25, 0.3) is 5.92 Å². The molecule has 2 N–H and O–H groups in total. The summed E-state index contributed by atoms with van der Waals surface area (Å²) in [5.41, 5.74) is 5.59. The van der Waals surface area contributed by atoms with Gasteiger partial charge < -0.3 is 10.5 Å². The molecule has 2 nitrogen and oxygen atoms in total. The fraction of sp³-hybridized carbons (Fsp3) is 0.333. The van der Waals surface area contributed by atoms with Crippen molar-refractivity contribution in [3.8, 4) is 0 Å². The predicted octanol–water partition coefficient (Wildman–Crippen LogP) is 2.01. The molecule has 0 aliphatic heterocycles. The van der Waals surface area contributed by atoms with Crippen LogP contribution in [0.4, 0.5) is 14.5 Å². The topological polar surface area (TPSA) is 35.2 Å². The van der Waals surface area contributed by atoms with Crippen LogP contribution in [-0.4, -0.2) is 13.7 Å². The van der Waals surface area contributed by atoms with E-state index in [-0.39, 0.29) is 5.56 Å². The van der Waals surface area contributed by atoms with Crippen molar-refractivity contribution < 1.29 is 13.5 Å². The molecular weight excluding hydrogens is 176 g/mol. The van der Waals surface area contributed by atoms with E-state index >= 15 is 0 Å². The highest BCUT2D eigenvalue weighted by molar-refractivity contribution is 5.42. The number of ether oxygens (including phenoxy) is 1. The lowest BCUT2D eigenvalue weighted by molar-refractivity contribution is -0.0697. The van der Waals surface area contributed by atoms with E-state index in [0.29, 0.717) is 5.69 Å². The zero-order valence-corrected chi connectivity index (χ0v) is 7.26. The third-order valence-corrected chi connectivity index (χ3v) is 1.63. The molecule has 1 aromatic rings. The molecule has 0 aliphatic rings. The van der Waals surface area contributed by atoms with E-state index in [9.17, 15) is 8.78 Å². The molecule has 0 aliphatic carbocycles. The number of hydrogen-bond acceptors (Lipinski definition) is 2. The Labute approximate surface area is 75.3 Å². The lowest BCUT2D eigenvalue weighted by atomic mass is 10.1. The van der Waals surface area contributed by atoms with Gasteiger partial charge in [-0.2, -0.15) is 8.78 Å². The summed E-state index contributed by atoms with van der Waals surface area (Å²) in [5.74, 6) is -2.97. The summed E-state index contributed by atoms with van der Waals surface area (Å²) in [4.78, 5) is 0. The summed E-state index contributed by atoms with van der Waals surface area (Å²) < 4.78 is 30.7. The molecule has 0 amide bonds. The zero-order valence-electron chi connectivity index (χ0n) is 7.26. The minimum atomic E-state index is -2.97. The number of nitrogen functional groups attached to an aromatic ring is 1. The maximum atomic E-state index is 13.2. The number of methoxy groups -OCH3 is 1. The van der Waals surface area contributed by atoms with E-state index in [1.54, 1.807) is 6.07 Å². The molecule has 0 fully saturated rings. The van der Waals surface area contributed by atoms with Gasteiger partial charge in [0.05, 0.1) is 0 Å². The number of halogens is 2. The van der Waals surface area contributed by atoms with E-state index in [0.717, 1.165) is 0 Å². The highest BCUT2D eigenvalue weighted by atomic mass is 19.3. The minimum Gasteiger partial charge on any atom is -0.399 e. The summed E-state index contributed by atoms with van der Waals surface area (Å²) in [6, 6.07) is 5.63. The first-order valence-electron chi connectivity index (χ1n) is 3.79. The second-order valence-electron chi connectivity index (χ2n) is 2.76. The van der Waals surface area contributed by atoms with Gasteiger partial charge in [0.1, 0.15) is 6.61 Å². The third kappa shape index (κ3) is 2.39. The van der Waals surface area contributed by atoms with Gasteiger partial charge in [0.15, 0.2) is 0 Å². The fourth-order valence-corrected chi connectivity index (χ4v) is 1.03. The Morgan fingerprint density at radius 1 is 1.46 bits per heavy atom. The molecule has 0 aromatic heterocycles. The molecule has 4 heteroatoms. The van der Waals surface area contributed by atoms with Crippen LogP contribution < -0.4 is 5.73 Å². The fourth-order valence-electron chi connectivity index (χ4n) is 1.03. The molecule has 0 spiro atoms. The number of nitrogens with two attached hydrogens (primary N) is 1. The lowest BCUT2D eigenvalue weighted by Gasteiger charge is -2.15. The molecule has 0 radical (unpaired) electrons. The average Bonchev–Trinajstić information content (AvgIpc) is 2.04. The van der Waals surface area contributed by atoms with Crippen molar-refractivity contribution in [3.05, 3.63) is 29.8 Å². The first-order valence-corrected chi connectivity index (χ1v) is 3.79. The SMILES string of the molecule is COCC(F)(F)c1cccc(N)c1. The van der Waals surface area contributed by atoms with Crippen molar-refractivity contribution in [3.63, 3.8) is 0 Å². The molecule has 0 heterocycles. The Kier molecular flexibility index (Phi) is 2.83. The van der Waals surface area contributed by atoms with E-state index in [1.807, 2.05) is 0 Å². The molecule has 1 rings (SSSR count). The van der Waals surface area contributed by atoms with E-state index in [1.165, 1.54) is 25.3 Å². The number of anilines is 1. The molecule has 1 aromatic carbocycles. The first kappa shape index (κ1) is 9.92. The van der Waals surface area contributed by atoms with Crippen molar-refractivity contribution in [1.29, 1.82) is 0 Å². The highest BCUT2D eigenvalue weighted by Crippen LogP contribution is 2.28. The van der Waals surface area contributed by atoms with Crippen LogP contribution in [0.5, 0.6) is 0 Å². The third-order valence-electron chi connectivity index (χ3n) is 1.63. The molecule has 0 saturated heterocycles. The van der Waals surface area contributed by atoms with Crippen molar-refractivity contribution >= 4 is 5.69 Å². The van der Waals surface area contributed by atoms with Gasteiger partial charge in [0.2, 0.25) is 0 Å². The van der Waals surface area contributed by atoms with Crippen LogP contribution >= 0.6 is 0 Å². The van der Waals surface area contributed by atoms with Gasteiger partial charge in [0, 0.05) is 18.4 Å². The van der Waals surface area contributed by atoms with Gasteiger partial charge in [-0.25, -0.2) is 0 Å². The van der Waals surface area contributed by atoms with E-state index in [2.05, 4.69) is 4.74 Å². The zero-order chi connectivity index (χ0) is 9.90. The number of rotatable bonds is 3. The Morgan fingerprint density at radius 2 is 2.15 bits per heavy atom. The summed E-state index contributed by atoms with van der Waals surface area (Å²) in [7, 11) is 1.24. The average molecular weight is 187 g/mol. The van der Waals surface area contributed by atoms with Crippen LogP contribution in [0.2, 0.25) is 0 Å². The molecule has 72 valence electrons.